The standard InChI is InChI=1S/C14H18N4O3S3/c1-22-10-5-13(19)17-6-8-18(9-7-17)24(20,21)12-4-2-3-11-14(12)16-23-15-11/h2-4H,5-10H2,1H3. The molecule has 1 aliphatic heterocycles. The Morgan fingerprint density at radius 3 is 2.71 bits per heavy atom. The molecule has 2 heterocycles. The predicted octanol–water partition coefficient (Wildman–Crippen LogP) is 1.28. The lowest BCUT2D eigenvalue weighted by atomic mass is 10.3. The van der Waals surface area contributed by atoms with Gasteiger partial charge in [-0.3, -0.25) is 4.79 Å². The fourth-order valence-electron chi connectivity index (χ4n) is 2.65. The molecule has 0 unspecified atom stereocenters. The summed E-state index contributed by atoms with van der Waals surface area (Å²) in [5.74, 6) is 0.878. The van der Waals surface area contributed by atoms with E-state index >= 15 is 0 Å². The Morgan fingerprint density at radius 1 is 1.25 bits per heavy atom. The summed E-state index contributed by atoms with van der Waals surface area (Å²) >= 11 is 2.64. The maximum Gasteiger partial charge on any atom is 0.245 e. The summed E-state index contributed by atoms with van der Waals surface area (Å²) in [6.45, 7) is 1.47. The van der Waals surface area contributed by atoms with Crippen LogP contribution in [0.3, 0.4) is 0 Å². The van der Waals surface area contributed by atoms with Gasteiger partial charge in [0.2, 0.25) is 15.9 Å². The number of hydrogen-bond donors (Lipinski definition) is 0. The van der Waals surface area contributed by atoms with Crippen LogP contribution in [-0.4, -0.2) is 70.5 Å². The van der Waals surface area contributed by atoms with Crippen molar-refractivity contribution in [3.8, 4) is 0 Å². The van der Waals surface area contributed by atoms with Gasteiger partial charge < -0.3 is 4.90 Å². The van der Waals surface area contributed by atoms with Gasteiger partial charge in [0.1, 0.15) is 15.9 Å². The zero-order valence-electron chi connectivity index (χ0n) is 13.2. The predicted molar refractivity (Wildman–Crippen MR) is 95.8 cm³/mol. The van der Waals surface area contributed by atoms with Crippen LogP contribution in [0.4, 0.5) is 0 Å². The second kappa shape index (κ2) is 7.34. The molecule has 0 N–H and O–H groups in total. The van der Waals surface area contributed by atoms with E-state index in [1.54, 1.807) is 34.9 Å². The average molecular weight is 387 g/mol. The van der Waals surface area contributed by atoms with Crippen molar-refractivity contribution < 1.29 is 13.2 Å². The fourth-order valence-corrected chi connectivity index (χ4v) is 5.21. The molecule has 1 aromatic carbocycles. The Hall–Kier alpha value is -1.23. The van der Waals surface area contributed by atoms with Crippen LogP contribution in [-0.2, 0) is 14.8 Å². The van der Waals surface area contributed by atoms with Gasteiger partial charge in [0.25, 0.3) is 0 Å². The summed E-state index contributed by atoms with van der Waals surface area (Å²) in [4.78, 5) is 14.0. The van der Waals surface area contributed by atoms with Crippen molar-refractivity contribution in [1.29, 1.82) is 0 Å². The van der Waals surface area contributed by atoms with E-state index in [4.69, 9.17) is 0 Å². The normalized spacial score (nSPS) is 16.6. The molecule has 24 heavy (non-hydrogen) atoms. The maximum atomic E-state index is 12.9. The first-order chi connectivity index (χ1) is 11.5. The van der Waals surface area contributed by atoms with Gasteiger partial charge in [0.15, 0.2) is 0 Å². The molecule has 0 saturated carbocycles. The quantitative estimate of drug-likeness (QED) is 0.770. The second-order valence-electron chi connectivity index (χ2n) is 5.42. The number of thioether (sulfide) groups is 1. The van der Waals surface area contributed by atoms with Crippen LogP contribution in [0, 0.1) is 0 Å². The smallest absolute Gasteiger partial charge is 0.245 e. The van der Waals surface area contributed by atoms with E-state index < -0.39 is 10.0 Å². The Labute approximate surface area is 149 Å². The van der Waals surface area contributed by atoms with Crippen LogP contribution >= 0.6 is 23.5 Å². The van der Waals surface area contributed by atoms with Gasteiger partial charge in [-0.2, -0.15) is 24.8 Å². The number of carbonyl (C=O) groups excluding carboxylic acids is 1. The number of hydrogen-bond acceptors (Lipinski definition) is 7. The van der Waals surface area contributed by atoms with E-state index in [-0.39, 0.29) is 10.8 Å². The number of rotatable bonds is 5. The highest BCUT2D eigenvalue weighted by molar-refractivity contribution is 7.98. The van der Waals surface area contributed by atoms with Crippen molar-refractivity contribution in [2.45, 2.75) is 11.3 Å². The number of nitrogens with zero attached hydrogens (tertiary/aromatic N) is 4. The lowest BCUT2D eigenvalue weighted by Crippen LogP contribution is -2.50. The maximum absolute atomic E-state index is 12.9. The molecule has 130 valence electrons. The van der Waals surface area contributed by atoms with E-state index in [1.165, 1.54) is 4.31 Å². The first kappa shape index (κ1) is 17.6. The highest BCUT2D eigenvalue weighted by Gasteiger charge is 2.31. The molecule has 0 radical (unpaired) electrons. The molecular weight excluding hydrogens is 368 g/mol. The van der Waals surface area contributed by atoms with Crippen molar-refractivity contribution in [2.24, 2.45) is 0 Å². The molecular formula is C14H18N4O3S3. The third-order valence-electron chi connectivity index (χ3n) is 3.98. The van der Waals surface area contributed by atoms with E-state index in [0.717, 1.165) is 17.5 Å². The molecule has 0 bridgehead atoms. The van der Waals surface area contributed by atoms with E-state index in [0.29, 0.717) is 43.6 Å². The minimum absolute atomic E-state index is 0.0900. The van der Waals surface area contributed by atoms with E-state index in [2.05, 4.69) is 8.75 Å². The van der Waals surface area contributed by atoms with Crippen molar-refractivity contribution in [1.82, 2.24) is 18.0 Å². The Balaban J connectivity index is 1.74. The number of piperazine rings is 1. The van der Waals surface area contributed by atoms with Crippen LogP contribution in [0.25, 0.3) is 11.0 Å². The van der Waals surface area contributed by atoms with Crippen LogP contribution in [0.5, 0.6) is 0 Å². The third kappa shape index (κ3) is 3.41. The van der Waals surface area contributed by atoms with Crippen molar-refractivity contribution in [3.05, 3.63) is 18.2 Å². The number of carbonyl (C=O) groups is 1. The summed E-state index contributed by atoms with van der Waals surface area (Å²) in [5, 5.41) is 0. The lowest BCUT2D eigenvalue weighted by molar-refractivity contribution is -0.131. The molecule has 1 aliphatic rings. The third-order valence-corrected chi connectivity index (χ3v) is 7.06. The highest BCUT2D eigenvalue weighted by Crippen LogP contribution is 2.25. The van der Waals surface area contributed by atoms with Gasteiger partial charge in [-0.25, -0.2) is 8.42 Å². The first-order valence-electron chi connectivity index (χ1n) is 7.52. The summed E-state index contributed by atoms with van der Waals surface area (Å²) in [7, 11) is -3.63. The minimum atomic E-state index is -3.63. The molecule has 1 fully saturated rings. The zero-order valence-corrected chi connectivity index (χ0v) is 15.7. The molecule has 0 spiro atoms. The van der Waals surface area contributed by atoms with Crippen LogP contribution in [0.1, 0.15) is 6.42 Å². The topological polar surface area (TPSA) is 83.5 Å². The monoisotopic (exact) mass is 386 g/mol. The molecule has 1 saturated heterocycles. The van der Waals surface area contributed by atoms with Crippen molar-refractivity contribution in [3.63, 3.8) is 0 Å². The number of amides is 1. The summed E-state index contributed by atoms with van der Waals surface area (Å²) in [6.07, 6.45) is 2.46. The fraction of sp³-hybridized carbons (Fsp3) is 0.500. The van der Waals surface area contributed by atoms with Gasteiger partial charge in [0.05, 0.1) is 11.7 Å². The Bertz CT molecular complexity index is 829. The summed E-state index contributed by atoms with van der Waals surface area (Å²) < 4.78 is 35.4. The van der Waals surface area contributed by atoms with Crippen molar-refractivity contribution >= 4 is 50.5 Å². The Morgan fingerprint density at radius 2 is 2.00 bits per heavy atom. The van der Waals surface area contributed by atoms with Gasteiger partial charge >= 0.3 is 0 Å². The minimum Gasteiger partial charge on any atom is -0.340 e. The molecule has 1 amide bonds. The summed E-state index contributed by atoms with van der Waals surface area (Å²) in [6, 6.07) is 4.99. The van der Waals surface area contributed by atoms with E-state index in [1.807, 2.05) is 6.26 Å². The lowest BCUT2D eigenvalue weighted by Gasteiger charge is -2.34. The van der Waals surface area contributed by atoms with Crippen LogP contribution in [0.2, 0.25) is 0 Å². The Kier molecular flexibility index (Phi) is 5.38. The van der Waals surface area contributed by atoms with Crippen LogP contribution < -0.4 is 0 Å². The van der Waals surface area contributed by atoms with Crippen LogP contribution in [0.15, 0.2) is 23.1 Å². The molecule has 1 aromatic heterocycles. The molecule has 0 aliphatic carbocycles. The first-order valence-corrected chi connectivity index (χ1v) is 11.1. The molecule has 7 nitrogen and oxygen atoms in total. The number of sulfonamides is 1. The number of benzene rings is 1. The van der Waals surface area contributed by atoms with Gasteiger partial charge in [-0.1, -0.05) is 6.07 Å². The van der Waals surface area contributed by atoms with Crippen molar-refractivity contribution in [2.75, 3.05) is 38.2 Å². The average Bonchev–Trinajstić information content (AvgIpc) is 3.08. The summed E-state index contributed by atoms with van der Waals surface area (Å²) in [5.41, 5.74) is 1.01. The molecule has 3 rings (SSSR count). The molecule has 10 heteroatoms. The highest BCUT2D eigenvalue weighted by atomic mass is 32.2. The van der Waals surface area contributed by atoms with Gasteiger partial charge in [0, 0.05) is 38.4 Å². The zero-order chi connectivity index (χ0) is 17.2. The number of aromatic nitrogens is 2. The molecule has 2 aromatic rings. The van der Waals surface area contributed by atoms with Gasteiger partial charge in [-0.05, 0) is 18.4 Å². The SMILES string of the molecule is CSCCC(=O)N1CCN(S(=O)(=O)c2cccc3nsnc23)CC1. The van der Waals surface area contributed by atoms with Gasteiger partial charge in [-0.15, -0.1) is 0 Å². The second-order valence-corrected chi connectivity index (χ2v) is 8.84. The number of fused-ring (bicyclic) bond motifs is 1. The largest absolute Gasteiger partial charge is 0.340 e. The van der Waals surface area contributed by atoms with E-state index in [9.17, 15) is 13.2 Å². The molecule has 0 atom stereocenters.